The molecule has 8 nitrogen and oxygen atoms in total. The summed E-state index contributed by atoms with van der Waals surface area (Å²) in [4.78, 5) is 40.1. The van der Waals surface area contributed by atoms with Crippen molar-refractivity contribution in [3.63, 3.8) is 0 Å². The second-order valence-electron chi connectivity index (χ2n) is 10.2. The first-order valence-corrected chi connectivity index (χ1v) is 12.5. The Balaban J connectivity index is 1.65. The van der Waals surface area contributed by atoms with Crippen molar-refractivity contribution in [3.8, 4) is 5.75 Å². The quantitative estimate of drug-likeness (QED) is 0.527. The lowest BCUT2D eigenvalue weighted by Gasteiger charge is -2.28. The molecule has 1 aliphatic rings. The summed E-state index contributed by atoms with van der Waals surface area (Å²) in [6.07, 6.45) is 1.02. The van der Waals surface area contributed by atoms with E-state index in [1.807, 2.05) is 0 Å². The van der Waals surface area contributed by atoms with E-state index in [-0.39, 0.29) is 30.7 Å². The molecule has 2 aromatic rings. The monoisotopic (exact) mass is 513 g/mol. The summed E-state index contributed by atoms with van der Waals surface area (Å²) in [6.45, 7) is 6.10. The van der Waals surface area contributed by atoms with Crippen molar-refractivity contribution >= 4 is 17.9 Å². The van der Waals surface area contributed by atoms with Gasteiger partial charge in [-0.15, -0.1) is 0 Å². The van der Waals surface area contributed by atoms with Gasteiger partial charge in [-0.05, 0) is 69.9 Å². The number of ether oxygens (including phenoxy) is 2. The van der Waals surface area contributed by atoms with Gasteiger partial charge in [-0.2, -0.15) is 0 Å². The third-order valence-electron chi connectivity index (χ3n) is 6.09. The Labute approximate surface area is 217 Å². The maximum atomic E-state index is 14.3. The number of nitrogens with zero attached hydrogens (tertiary/aromatic N) is 1. The number of carbonyl (C=O) groups excluding carboxylic acids is 3. The van der Waals surface area contributed by atoms with Gasteiger partial charge in [0, 0.05) is 37.2 Å². The fraction of sp³-hybridized carbons (Fsp3) is 0.464. The van der Waals surface area contributed by atoms with Crippen LogP contribution in [0.5, 0.6) is 5.75 Å². The smallest absolute Gasteiger partial charge is 0.407 e. The van der Waals surface area contributed by atoms with Gasteiger partial charge in [-0.3, -0.25) is 9.59 Å². The van der Waals surface area contributed by atoms with Crippen LogP contribution in [-0.2, 0) is 16.0 Å². The van der Waals surface area contributed by atoms with Crippen LogP contribution in [0.25, 0.3) is 0 Å². The molecule has 0 aromatic heterocycles. The van der Waals surface area contributed by atoms with Crippen molar-refractivity contribution in [2.75, 3.05) is 20.2 Å². The number of likely N-dealkylation sites (tertiary alicyclic amines) is 1. The highest BCUT2D eigenvalue weighted by atomic mass is 19.1. The third-order valence-corrected chi connectivity index (χ3v) is 6.09. The summed E-state index contributed by atoms with van der Waals surface area (Å²) < 4.78 is 24.9. The minimum Gasteiger partial charge on any atom is -0.497 e. The maximum Gasteiger partial charge on any atom is 0.407 e. The summed E-state index contributed by atoms with van der Waals surface area (Å²) in [5.41, 5.74) is 0.166. The summed E-state index contributed by atoms with van der Waals surface area (Å²) in [7, 11) is 1.54. The van der Waals surface area contributed by atoms with Gasteiger partial charge in [0.1, 0.15) is 17.2 Å². The molecule has 0 radical (unpaired) electrons. The molecule has 1 fully saturated rings. The van der Waals surface area contributed by atoms with Crippen LogP contribution < -0.4 is 15.4 Å². The lowest BCUT2D eigenvalue weighted by Crippen LogP contribution is -2.47. The van der Waals surface area contributed by atoms with Crippen LogP contribution in [0.4, 0.5) is 9.18 Å². The molecule has 2 N–H and O–H groups in total. The number of hydrogen-bond donors (Lipinski definition) is 2. The second-order valence-corrected chi connectivity index (χ2v) is 10.2. The number of carbonyl (C=O) groups is 3. The first-order chi connectivity index (χ1) is 17.6. The number of halogens is 1. The molecular weight excluding hydrogens is 477 g/mol. The SMILES string of the molecule is COc1cccc(C(=O)NCC2CCCN2C(=O)CC(Cc2ccccc2F)NC(=O)OC(C)(C)C)c1. The normalized spacial score (nSPS) is 16.1. The summed E-state index contributed by atoms with van der Waals surface area (Å²) in [5.74, 6) is -0.230. The Bertz CT molecular complexity index is 1100. The van der Waals surface area contributed by atoms with Crippen molar-refractivity contribution < 1.29 is 28.2 Å². The average molecular weight is 514 g/mol. The maximum absolute atomic E-state index is 14.3. The van der Waals surface area contributed by atoms with Crippen molar-refractivity contribution in [2.24, 2.45) is 0 Å². The highest BCUT2D eigenvalue weighted by molar-refractivity contribution is 5.94. The molecule has 9 heteroatoms. The van der Waals surface area contributed by atoms with E-state index in [4.69, 9.17) is 9.47 Å². The molecule has 3 rings (SSSR count). The number of hydrogen-bond acceptors (Lipinski definition) is 5. The van der Waals surface area contributed by atoms with Gasteiger partial charge in [-0.1, -0.05) is 24.3 Å². The predicted molar refractivity (Wildman–Crippen MR) is 138 cm³/mol. The Morgan fingerprint density at radius 3 is 2.59 bits per heavy atom. The standard InChI is InChI=1S/C28H36FN3O5/c1-28(2,3)37-27(35)31-21(15-19-9-5-6-13-24(19)29)17-25(33)32-14-8-11-22(32)18-30-26(34)20-10-7-12-23(16-20)36-4/h5-7,9-10,12-13,16,21-22H,8,11,14-15,17-18H2,1-4H3,(H,30,34)(H,31,35). The van der Waals surface area contributed by atoms with Gasteiger partial charge in [0.25, 0.3) is 5.91 Å². The van der Waals surface area contributed by atoms with Crippen molar-refractivity contribution in [3.05, 3.63) is 65.5 Å². The van der Waals surface area contributed by atoms with Crippen LogP contribution in [0.1, 0.15) is 56.0 Å². The van der Waals surface area contributed by atoms with Gasteiger partial charge in [0.2, 0.25) is 5.91 Å². The average Bonchev–Trinajstić information content (AvgIpc) is 3.31. The Hall–Kier alpha value is -3.62. The fourth-order valence-corrected chi connectivity index (χ4v) is 4.36. The fourth-order valence-electron chi connectivity index (χ4n) is 4.36. The molecule has 200 valence electrons. The van der Waals surface area contributed by atoms with E-state index < -0.39 is 23.6 Å². The minimum absolute atomic E-state index is 0.0199. The molecule has 2 atom stereocenters. The largest absolute Gasteiger partial charge is 0.497 e. The number of alkyl carbamates (subject to hydrolysis) is 1. The van der Waals surface area contributed by atoms with E-state index in [9.17, 15) is 18.8 Å². The van der Waals surface area contributed by atoms with E-state index in [0.717, 1.165) is 12.8 Å². The number of methoxy groups -OCH3 is 1. The minimum atomic E-state index is -0.711. The van der Waals surface area contributed by atoms with Gasteiger partial charge < -0.3 is 25.0 Å². The first-order valence-electron chi connectivity index (χ1n) is 12.5. The molecule has 1 heterocycles. The molecule has 1 aliphatic heterocycles. The van der Waals surface area contributed by atoms with Crippen LogP contribution in [0.15, 0.2) is 48.5 Å². The summed E-state index contributed by atoms with van der Waals surface area (Å²) >= 11 is 0. The lowest BCUT2D eigenvalue weighted by molar-refractivity contribution is -0.132. The van der Waals surface area contributed by atoms with E-state index in [1.54, 1.807) is 68.1 Å². The molecular formula is C28H36FN3O5. The van der Waals surface area contributed by atoms with Crippen molar-refractivity contribution in [1.29, 1.82) is 0 Å². The Kier molecular flexibility index (Phi) is 9.49. The lowest BCUT2D eigenvalue weighted by atomic mass is 10.0. The zero-order valence-electron chi connectivity index (χ0n) is 21.9. The molecule has 0 spiro atoms. The summed E-state index contributed by atoms with van der Waals surface area (Å²) in [6, 6.07) is 12.3. The topological polar surface area (TPSA) is 97.0 Å². The number of benzene rings is 2. The van der Waals surface area contributed by atoms with Gasteiger partial charge in [0.15, 0.2) is 0 Å². The number of nitrogens with one attached hydrogen (secondary N) is 2. The van der Waals surface area contributed by atoms with E-state index in [0.29, 0.717) is 30.0 Å². The molecule has 2 unspecified atom stereocenters. The predicted octanol–water partition coefficient (Wildman–Crippen LogP) is 4.08. The van der Waals surface area contributed by atoms with Crippen LogP contribution in [-0.4, -0.2) is 60.7 Å². The van der Waals surface area contributed by atoms with Gasteiger partial charge in [-0.25, -0.2) is 9.18 Å². The van der Waals surface area contributed by atoms with Gasteiger partial charge in [0.05, 0.1) is 7.11 Å². The molecule has 1 saturated heterocycles. The van der Waals surface area contributed by atoms with E-state index in [1.165, 1.54) is 13.2 Å². The molecule has 0 saturated carbocycles. The third kappa shape index (κ3) is 8.48. The van der Waals surface area contributed by atoms with E-state index in [2.05, 4.69) is 10.6 Å². The molecule has 0 bridgehead atoms. The Morgan fingerprint density at radius 2 is 1.89 bits per heavy atom. The Morgan fingerprint density at radius 1 is 1.14 bits per heavy atom. The van der Waals surface area contributed by atoms with Crippen LogP contribution in [0, 0.1) is 5.82 Å². The van der Waals surface area contributed by atoms with Gasteiger partial charge >= 0.3 is 6.09 Å². The summed E-state index contributed by atoms with van der Waals surface area (Å²) in [5, 5.41) is 5.65. The zero-order valence-corrected chi connectivity index (χ0v) is 21.9. The first kappa shape index (κ1) is 28.0. The molecule has 0 aliphatic carbocycles. The zero-order chi connectivity index (χ0) is 27.0. The van der Waals surface area contributed by atoms with Crippen molar-refractivity contribution in [2.45, 2.75) is 64.1 Å². The highest BCUT2D eigenvalue weighted by Gasteiger charge is 2.31. The molecule has 3 amide bonds. The van der Waals surface area contributed by atoms with Crippen LogP contribution in [0.3, 0.4) is 0 Å². The number of amides is 3. The number of rotatable bonds is 9. The van der Waals surface area contributed by atoms with E-state index >= 15 is 0 Å². The second kappa shape index (κ2) is 12.6. The molecule has 37 heavy (non-hydrogen) atoms. The highest BCUT2D eigenvalue weighted by Crippen LogP contribution is 2.20. The molecule has 2 aromatic carbocycles. The van der Waals surface area contributed by atoms with Crippen molar-refractivity contribution in [1.82, 2.24) is 15.5 Å². The van der Waals surface area contributed by atoms with Crippen LogP contribution >= 0.6 is 0 Å². The van der Waals surface area contributed by atoms with Crippen LogP contribution in [0.2, 0.25) is 0 Å².